The fraction of sp³-hybridized carbons (Fsp3) is 0.136. The van der Waals surface area contributed by atoms with Crippen molar-refractivity contribution in [3.63, 3.8) is 0 Å². The summed E-state index contributed by atoms with van der Waals surface area (Å²) < 4.78 is 6.64. The van der Waals surface area contributed by atoms with Gasteiger partial charge < -0.3 is 15.9 Å². The number of ether oxygens (including phenoxy) is 1. The van der Waals surface area contributed by atoms with E-state index in [1.807, 2.05) is 26.0 Å². The van der Waals surface area contributed by atoms with Crippen molar-refractivity contribution >= 4 is 35.4 Å². The minimum atomic E-state index is 0.00862. The van der Waals surface area contributed by atoms with Crippen LogP contribution in [0.4, 0.5) is 11.5 Å². The summed E-state index contributed by atoms with van der Waals surface area (Å²) in [5, 5.41) is 26.4. The van der Waals surface area contributed by atoms with Crippen molar-refractivity contribution in [2.45, 2.75) is 24.8 Å². The first-order valence-electron chi connectivity index (χ1n) is 9.26. The summed E-state index contributed by atoms with van der Waals surface area (Å²) >= 11 is 1.06. The Morgan fingerprint density at radius 2 is 2.00 bits per heavy atom. The van der Waals surface area contributed by atoms with E-state index in [1.54, 1.807) is 42.5 Å². The number of pyridine rings is 1. The Kier molecular flexibility index (Phi) is 6.71. The van der Waals surface area contributed by atoms with Crippen LogP contribution in [-0.2, 0) is 0 Å². The van der Waals surface area contributed by atoms with Gasteiger partial charge in [-0.15, -0.1) is 0 Å². The Labute approximate surface area is 179 Å². The smallest absolute Gasteiger partial charge is 0.165 e. The molecule has 0 aliphatic carbocycles. The molecule has 8 heteroatoms. The molecule has 0 aliphatic rings. The van der Waals surface area contributed by atoms with Gasteiger partial charge in [-0.1, -0.05) is 12.1 Å². The van der Waals surface area contributed by atoms with Crippen LogP contribution in [0.5, 0.6) is 5.75 Å². The molecule has 30 heavy (non-hydrogen) atoms. The number of nitrogen functional groups attached to an aromatic ring is 1. The van der Waals surface area contributed by atoms with Crippen molar-refractivity contribution < 1.29 is 9.94 Å². The third-order valence-electron chi connectivity index (χ3n) is 4.11. The molecule has 0 unspecified atom stereocenters. The van der Waals surface area contributed by atoms with Crippen LogP contribution in [0, 0.1) is 10.8 Å². The maximum absolute atomic E-state index is 10.5. The highest BCUT2D eigenvalue weighted by Gasteiger charge is 2.14. The van der Waals surface area contributed by atoms with E-state index >= 15 is 0 Å². The first kappa shape index (κ1) is 21.4. The minimum absolute atomic E-state index is 0.00862. The highest BCUT2D eigenvalue weighted by molar-refractivity contribution is 8.00. The highest BCUT2D eigenvalue weighted by Crippen LogP contribution is 2.28. The Hall–Kier alpha value is -3.36. The number of nitrogens with zero attached hydrogens (tertiary/aromatic N) is 2. The Balaban J connectivity index is 1.84. The third-order valence-corrected chi connectivity index (χ3v) is 4.94. The second kappa shape index (κ2) is 9.43. The normalized spacial score (nSPS) is 10.7. The van der Waals surface area contributed by atoms with Crippen LogP contribution >= 0.6 is 11.9 Å². The first-order chi connectivity index (χ1) is 14.4. The van der Waals surface area contributed by atoms with Crippen LogP contribution in [0.15, 0.2) is 65.7 Å². The molecule has 2 aromatic carbocycles. The number of benzene rings is 2. The molecule has 5 N–H and O–H groups in total. The largest absolute Gasteiger partial charge is 0.491 e. The number of hydrogen-bond acceptors (Lipinski definition) is 8. The molecule has 0 atom stereocenters. The molecule has 0 aliphatic heterocycles. The lowest BCUT2D eigenvalue weighted by atomic mass is 10.0. The van der Waals surface area contributed by atoms with Crippen LogP contribution in [0.1, 0.15) is 30.5 Å². The van der Waals surface area contributed by atoms with Gasteiger partial charge in [0, 0.05) is 46.1 Å². The summed E-state index contributed by atoms with van der Waals surface area (Å²) in [4.78, 5) is 4.94. The van der Waals surface area contributed by atoms with Crippen molar-refractivity contribution in [3.05, 3.63) is 77.5 Å². The zero-order valence-electron chi connectivity index (χ0n) is 16.7. The van der Waals surface area contributed by atoms with Crippen LogP contribution < -0.4 is 14.9 Å². The summed E-state index contributed by atoms with van der Waals surface area (Å²) in [6.45, 7) is 3.86. The summed E-state index contributed by atoms with van der Waals surface area (Å²) in [7, 11) is 0. The van der Waals surface area contributed by atoms with E-state index in [0.29, 0.717) is 22.6 Å². The molecule has 0 fully saturated rings. The van der Waals surface area contributed by atoms with Crippen LogP contribution in [0.25, 0.3) is 0 Å². The molecule has 0 saturated heterocycles. The lowest BCUT2D eigenvalue weighted by Crippen LogP contribution is -2.12. The Morgan fingerprint density at radius 3 is 2.73 bits per heavy atom. The topological polar surface area (TPSA) is 119 Å². The average Bonchev–Trinajstić information content (AvgIpc) is 2.74. The van der Waals surface area contributed by atoms with E-state index < -0.39 is 0 Å². The molecular formula is C22H23N5O2S. The zero-order chi connectivity index (χ0) is 21.7. The van der Waals surface area contributed by atoms with E-state index in [1.165, 1.54) is 12.4 Å². The average molecular weight is 422 g/mol. The van der Waals surface area contributed by atoms with Crippen molar-refractivity contribution in [2.24, 2.45) is 0 Å². The fourth-order valence-corrected chi connectivity index (χ4v) is 3.46. The minimum Gasteiger partial charge on any atom is -0.491 e. The highest BCUT2D eigenvalue weighted by atomic mass is 32.2. The summed E-state index contributed by atoms with van der Waals surface area (Å²) in [5.74, 6) is 0.911. The van der Waals surface area contributed by atoms with Crippen molar-refractivity contribution in [1.29, 1.82) is 10.8 Å². The van der Waals surface area contributed by atoms with Crippen molar-refractivity contribution in [1.82, 2.24) is 4.98 Å². The van der Waals surface area contributed by atoms with Gasteiger partial charge in [-0.25, -0.2) is 4.98 Å². The van der Waals surface area contributed by atoms with Gasteiger partial charge >= 0.3 is 0 Å². The molecule has 0 radical (unpaired) electrons. The SMILES string of the molecule is CC(C)Oc1ccc(N)c(C(=N)c2ccnc(N(O)Sc3cccc(C=N)c3)c2)c1. The Morgan fingerprint density at radius 1 is 1.20 bits per heavy atom. The van der Waals surface area contributed by atoms with E-state index in [2.05, 4.69) is 4.98 Å². The maximum Gasteiger partial charge on any atom is 0.165 e. The molecule has 154 valence electrons. The summed E-state index contributed by atoms with van der Waals surface area (Å²) in [6, 6.07) is 15.8. The fourth-order valence-electron chi connectivity index (χ4n) is 2.74. The summed E-state index contributed by atoms with van der Waals surface area (Å²) in [6.07, 6.45) is 2.78. The standard InChI is InChI=1S/C22H23N5O2S/c1-14(2)29-17-6-7-20(24)19(12-17)22(25)16-8-9-26-21(11-16)27(28)30-18-5-3-4-15(10-18)13-23/h3-14,23,25,28H,24H2,1-2H3. The molecule has 1 aromatic heterocycles. The number of hydrogen-bond donors (Lipinski definition) is 4. The van der Waals surface area contributed by atoms with Gasteiger partial charge in [0.15, 0.2) is 5.82 Å². The van der Waals surface area contributed by atoms with Crippen molar-refractivity contribution in [3.8, 4) is 5.75 Å². The van der Waals surface area contributed by atoms with E-state index in [0.717, 1.165) is 26.9 Å². The molecule has 3 rings (SSSR count). The third kappa shape index (κ3) is 5.16. The van der Waals surface area contributed by atoms with Gasteiger partial charge in [-0.2, -0.15) is 4.47 Å². The zero-order valence-corrected chi connectivity index (χ0v) is 17.5. The molecule has 0 saturated carbocycles. The predicted molar refractivity (Wildman–Crippen MR) is 121 cm³/mol. The van der Waals surface area contributed by atoms with Gasteiger partial charge in [-0.05, 0) is 61.9 Å². The number of nitrogens with two attached hydrogens (primary N) is 1. The van der Waals surface area contributed by atoms with Crippen LogP contribution in [-0.4, -0.2) is 28.2 Å². The van der Waals surface area contributed by atoms with Crippen LogP contribution in [0.3, 0.4) is 0 Å². The van der Waals surface area contributed by atoms with E-state index in [4.69, 9.17) is 21.3 Å². The summed E-state index contributed by atoms with van der Waals surface area (Å²) in [5.41, 5.74) is 8.59. The molecule has 1 heterocycles. The molecular weight excluding hydrogens is 398 g/mol. The molecule has 0 bridgehead atoms. The molecule has 7 nitrogen and oxygen atoms in total. The molecule has 3 aromatic rings. The second-order valence-corrected chi connectivity index (χ2v) is 7.77. The number of nitrogens with one attached hydrogen (secondary N) is 2. The molecule has 0 spiro atoms. The first-order valence-corrected chi connectivity index (χ1v) is 10.0. The monoisotopic (exact) mass is 421 g/mol. The van der Waals surface area contributed by atoms with E-state index in [9.17, 15) is 5.21 Å². The quantitative estimate of drug-likeness (QED) is 0.180. The van der Waals surface area contributed by atoms with Crippen LogP contribution in [0.2, 0.25) is 0 Å². The van der Waals surface area contributed by atoms with Gasteiger partial charge in [0.1, 0.15) is 5.75 Å². The number of aromatic nitrogens is 1. The van der Waals surface area contributed by atoms with Crippen molar-refractivity contribution in [2.75, 3.05) is 10.2 Å². The molecule has 0 amide bonds. The lowest BCUT2D eigenvalue weighted by Gasteiger charge is -2.16. The predicted octanol–water partition coefficient (Wildman–Crippen LogP) is 4.77. The van der Waals surface area contributed by atoms with Gasteiger partial charge in [0.05, 0.1) is 11.8 Å². The lowest BCUT2D eigenvalue weighted by molar-refractivity contribution is 0.242. The number of rotatable bonds is 8. The Bertz CT molecular complexity index is 1070. The van der Waals surface area contributed by atoms with Gasteiger partial charge in [0.2, 0.25) is 0 Å². The number of anilines is 2. The van der Waals surface area contributed by atoms with Gasteiger partial charge in [-0.3, -0.25) is 10.6 Å². The second-order valence-electron chi connectivity index (χ2n) is 6.77. The maximum atomic E-state index is 10.5. The van der Waals surface area contributed by atoms with Gasteiger partial charge in [0.25, 0.3) is 0 Å². The van der Waals surface area contributed by atoms with E-state index in [-0.39, 0.29) is 17.6 Å².